The summed E-state index contributed by atoms with van der Waals surface area (Å²) in [5, 5.41) is 30.4. The van der Waals surface area contributed by atoms with Crippen LogP contribution in [0.2, 0.25) is 0 Å². The summed E-state index contributed by atoms with van der Waals surface area (Å²) in [6.45, 7) is 0. The normalized spacial score (nSPS) is 29.9. The van der Waals surface area contributed by atoms with Gasteiger partial charge in [-0.05, 0) is 79.9 Å². The van der Waals surface area contributed by atoms with Crippen LogP contribution >= 0.6 is 0 Å². The number of nitrogens with one attached hydrogen (secondary N) is 1. The van der Waals surface area contributed by atoms with Gasteiger partial charge in [-0.3, -0.25) is 0 Å². The highest BCUT2D eigenvalue weighted by Crippen LogP contribution is 2.62. The number of nitriles is 3. The van der Waals surface area contributed by atoms with E-state index in [1.165, 1.54) is 44.1 Å². The summed E-state index contributed by atoms with van der Waals surface area (Å²) >= 11 is 0. The van der Waals surface area contributed by atoms with E-state index < -0.39 is 0 Å². The summed E-state index contributed by atoms with van der Waals surface area (Å²) in [6, 6.07) is 11.3. The summed E-state index contributed by atoms with van der Waals surface area (Å²) in [7, 11) is 1.70. The van der Waals surface area contributed by atoms with Gasteiger partial charge >= 0.3 is 0 Å². The summed E-state index contributed by atoms with van der Waals surface area (Å²) in [4.78, 5) is 0. The van der Waals surface area contributed by atoms with Gasteiger partial charge in [-0.25, -0.2) is 0 Å². The Morgan fingerprint density at radius 1 is 1.00 bits per heavy atom. The van der Waals surface area contributed by atoms with Gasteiger partial charge in [0.15, 0.2) is 5.57 Å². The average molecular weight is 358 g/mol. The minimum Gasteiger partial charge on any atom is -0.496 e. The maximum atomic E-state index is 9.32. The Hall–Kier alpha value is -2.97. The lowest BCUT2D eigenvalue weighted by Crippen LogP contribution is -2.48. The minimum absolute atomic E-state index is 0.0124. The molecule has 0 aromatic heterocycles. The summed E-state index contributed by atoms with van der Waals surface area (Å²) < 4.78 is 5.70. The number of methoxy groups -OCH3 is 1. The van der Waals surface area contributed by atoms with Crippen molar-refractivity contribution in [2.75, 3.05) is 12.4 Å². The molecule has 1 aromatic carbocycles. The van der Waals surface area contributed by atoms with Crippen molar-refractivity contribution in [1.29, 1.82) is 15.8 Å². The van der Waals surface area contributed by atoms with Crippen LogP contribution in [0.5, 0.6) is 5.75 Å². The molecule has 0 atom stereocenters. The van der Waals surface area contributed by atoms with Gasteiger partial charge in [-0.15, -0.1) is 0 Å². The predicted octanol–water partition coefficient (Wildman–Crippen LogP) is 4.40. The third kappa shape index (κ3) is 2.92. The molecule has 0 amide bonds. The van der Waals surface area contributed by atoms with Crippen LogP contribution in [0.1, 0.15) is 44.1 Å². The van der Waals surface area contributed by atoms with E-state index in [1.54, 1.807) is 19.2 Å². The highest BCUT2D eigenvalue weighted by Gasteiger charge is 2.52. The molecule has 27 heavy (non-hydrogen) atoms. The molecule has 4 aliphatic carbocycles. The Labute approximate surface area is 159 Å². The molecule has 4 fully saturated rings. The van der Waals surface area contributed by atoms with E-state index >= 15 is 0 Å². The molecule has 1 N–H and O–H groups in total. The molecule has 5 rings (SSSR count). The van der Waals surface area contributed by atoms with Crippen molar-refractivity contribution in [2.45, 2.75) is 43.9 Å². The second kappa shape index (κ2) is 6.64. The molecule has 0 radical (unpaired) electrons. The van der Waals surface area contributed by atoms with Crippen molar-refractivity contribution in [3.8, 4) is 24.0 Å². The Morgan fingerprint density at radius 2 is 1.59 bits per heavy atom. The van der Waals surface area contributed by atoms with E-state index in [4.69, 9.17) is 15.3 Å². The van der Waals surface area contributed by atoms with Crippen LogP contribution in [0.3, 0.4) is 0 Å². The van der Waals surface area contributed by atoms with E-state index in [2.05, 4.69) is 11.4 Å². The summed E-state index contributed by atoms with van der Waals surface area (Å²) in [5.41, 5.74) is 1.87. The molecular formula is C22H22N4O. The van der Waals surface area contributed by atoms with E-state index in [1.807, 2.05) is 18.2 Å². The highest BCUT2D eigenvalue weighted by molar-refractivity contribution is 5.61. The van der Waals surface area contributed by atoms with Gasteiger partial charge in [0, 0.05) is 11.3 Å². The minimum atomic E-state index is -0.204. The van der Waals surface area contributed by atoms with Crippen molar-refractivity contribution in [2.24, 2.45) is 17.8 Å². The molecule has 4 saturated carbocycles. The van der Waals surface area contributed by atoms with E-state index in [9.17, 15) is 5.26 Å². The van der Waals surface area contributed by atoms with Crippen LogP contribution in [0.4, 0.5) is 5.69 Å². The molecule has 0 heterocycles. The fraction of sp³-hybridized carbons (Fsp3) is 0.500. The van der Waals surface area contributed by atoms with Gasteiger partial charge in [0.2, 0.25) is 0 Å². The number of hydrogen-bond donors (Lipinski definition) is 1. The van der Waals surface area contributed by atoms with Crippen LogP contribution < -0.4 is 10.1 Å². The van der Waals surface area contributed by atoms with Crippen molar-refractivity contribution < 1.29 is 4.74 Å². The van der Waals surface area contributed by atoms with Crippen LogP contribution in [0, 0.1) is 51.7 Å². The third-order valence-corrected chi connectivity index (χ3v) is 6.66. The van der Waals surface area contributed by atoms with Crippen LogP contribution in [-0.2, 0) is 5.41 Å². The molecule has 5 nitrogen and oxygen atoms in total. The second-order valence-electron chi connectivity index (χ2n) is 8.32. The maximum absolute atomic E-state index is 9.32. The highest BCUT2D eigenvalue weighted by atomic mass is 16.5. The van der Waals surface area contributed by atoms with Crippen molar-refractivity contribution >= 4 is 5.69 Å². The van der Waals surface area contributed by atoms with Gasteiger partial charge < -0.3 is 10.1 Å². The molecular weight excluding hydrogens is 336 g/mol. The molecule has 0 saturated heterocycles. The van der Waals surface area contributed by atoms with Gasteiger partial charge in [0.1, 0.15) is 29.7 Å². The van der Waals surface area contributed by atoms with Crippen molar-refractivity contribution in [3.63, 3.8) is 0 Å². The summed E-state index contributed by atoms with van der Waals surface area (Å²) in [5.74, 6) is 3.34. The number of allylic oxidation sites excluding steroid dienone is 2. The molecule has 5 heteroatoms. The van der Waals surface area contributed by atoms with Crippen LogP contribution in [0.15, 0.2) is 29.5 Å². The lowest BCUT2D eigenvalue weighted by molar-refractivity contribution is -0.00613. The van der Waals surface area contributed by atoms with Crippen molar-refractivity contribution in [1.82, 2.24) is 0 Å². The van der Waals surface area contributed by atoms with Crippen LogP contribution in [0.25, 0.3) is 0 Å². The molecule has 0 unspecified atom stereocenters. The fourth-order valence-electron chi connectivity index (χ4n) is 6.07. The number of hydrogen-bond acceptors (Lipinski definition) is 5. The molecule has 0 aliphatic heterocycles. The second-order valence-corrected chi connectivity index (χ2v) is 8.32. The first-order valence-electron chi connectivity index (χ1n) is 9.51. The Balaban J connectivity index is 1.73. The first-order valence-corrected chi connectivity index (χ1v) is 9.51. The Bertz CT molecular complexity index is 874. The van der Waals surface area contributed by atoms with Gasteiger partial charge in [0.25, 0.3) is 0 Å². The molecule has 0 spiro atoms. The number of nitrogens with zero attached hydrogens (tertiary/aromatic N) is 3. The third-order valence-electron chi connectivity index (χ3n) is 6.66. The van der Waals surface area contributed by atoms with E-state index in [0.717, 1.165) is 29.2 Å². The molecule has 1 aromatic rings. The first kappa shape index (κ1) is 17.4. The lowest BCUT2D eigenvalue weighted by atomic mass is 9.48. The van der Waals surface area contributed by atoms with Gasteiger partial charge in [0.05, 0.1) is 7.11 Å². The Morgan fingerprint density at radius 3 is 2.07 bits per heavy atom. The van der Waals surface area contributed by atoms with Gasteiger partial charge in [-0.2, -0.15) is 15.8 Å². The van der Waals surface area contributed by atoms with Gasteiger partial charge in [-0.1, -0.05) is 0 Å². The number of benzene rings is 1. The predicted molar refractivity (Wildman–Crippen MR) is 100 cm³/mol. The first-order chi connectivity index (χ1) is 13.1. The number of ether oxygens (including phenoxy) is 1. The zero-order valence-electron chi connectivity index (χ0n) is 15.5. The van der Waals surface area contributed by atoms with E-state index in [0.29, 0.717) is 0 Å². The van der Waals surface area contributed by atoms with E-state index in [-0.39, 0.29) is 16.7 Å². The quantitative estimate of drug-likeness (QED) is 0.805. The average Bonchev–Trinajstić information content (AvgIpc) is 2.67. The molecule has 4 aliphatic rings. The lowest BCUT2D eigenvalue weighted by Gasteiger charge is -2.57. The monoisotopic (exact) mass is 358 g/mol. The smallest absolute Gasteiger partial charge is 0.163 e. The summed E-state index contributed by atoms with van der Waals surface area (Å²) in [6.07, 6.45) is 7.74. The zero-order valence-corrected chi connectivity index (χ0v) is 15.5. The van der Waals surface area contributed by atoms with Crippen molar-refractivity contribution in [3.05, 3.63) is 35.0 Å². The SMILES string of the molecule is COc1ccc(NC(C#N)=C(C#N)C#N)cc1C12CC3CC(CC(C3)C1)C2. The fourth-order valence-corrected chi connectivity index (χ4v) is 6.07. The van der Waals surface area contributed by atoms with Crippen LogP contribution in [-0.4, -0.2) is 7.11 Å². The molecule has 136 valence electrons. The number of anilines is 1. The number of rotatable bonds is 4. The topological polar surface area (TPSA) is 92.6 Å². The Kier molecular flexibility index (Phi) is 4.29. The zero-order chi connectivity index (χ0) is 19.0. The standard InChI is InChI=1S/C22H22N4O/c1-27-21-3-2-18(26-20(13-25)17(11-23)12-24)7-19(21)22-8-14-4-15(9-22)6-16(5-14)10-22/h2-3,7,14-16,26H,4-6,8-10H2,1H3. The largest absolute Gasteiger partial charge is 0.496 e. The molecule has 4 bridgehead atoms. The maximum Gasteiger partial charge on any atom is 0.163 e.